The topological polar surface area (TPSA) is 47.9 Å². The fourth-order valence-electron chi connectivity index (χ4n) is 1.33. The van der Waals surface area contributed by atoms with Gasteiger partial charge >= 0.3 is 6.18 Å². The zero-order valence-corrected chi connectivity index (χ0v) is 10.2. The maximum Gasteiger partial charge on any atom is 0.425 e. The molecule has 0 bridgehead atoms. The van der Waals surface area contributed by atoms with Crippen molar-refractivity contribution in [1.29, 1.82) is 0 Å². The van der Waals surface area contributed by atoms with Gasteiger partial charge in [-0.25, -0.2) is 9.37 Å². The minimum atomic E-state index is -4.59. The summed E-state index contributed by atoms with van der Waals surface area (Å²) in [4.78, 5) is 11.3. The van der Waals surface area contributed by atoms with Crippen molar-refractivity contribution in [1.82, 2.24) is 15.0 Å². The molecule has 0 saturated heterocycles. The van der Waals surface area contributed by atoms with Gasteiger partial charge < -0.3 is 4.74 Å². The van der Waals surface area contributed by atoms with Crippen molar-refractivity contribution in [3.63, 3.8) is 0 Å². The number of halogens is 4. The summed E-state index contributed by atoms with van der Waals surface area (Å²) in [6.07, 6.45) is -1.33. The molecule has 2 heterocycles. The van der Waals surface area contributed by atoms with E-state index in [2.05, 4.69) is 19.7 Å². The Hall–Kier alpha value is -2.25. The highest BCUT2D eigenvalue weighted by atomic mass is 19.4. The van der Waals surface area contributed by atoms with Crippen molar-refractivity contribution >= 4 is 0 Å². The van der Waals surface area contributed by atoms with Crippen LogP contribution in [0.15, 0.2) is 30.9 Å². The summed E-state index contributed by atoms with van der Waals surface area (Å²) >= 11 is 0. The molecule has 0 N–H and O–H groups in total. The van der Waals surface area contributed by atoms with Crippen LogP contribution in [0.3, 0.4) is 0 Å². The van der Waals surface area contributed by atoms with Gasteiger partial charge in [-0.2, -0.15) is 13.2 Å². The zero-order valence-electron chi connectivity index (χ0n) is 10.2. The van der Waals surface area contributed by atoms with Crippen LogP contribution >= 0.6 is 0 Å². The molecule has 0 spiro atoms. The average molecular weight is 287 g/mol. The first-order valence-corrected chi connectivity index (χ1v) is 5.53. The van der Waals surface area contributed by atoms with Crippen molar-refractivity contribution in [2.24, 2.45) is 0 Å². The monoisotopic (exact) mass is 287 g/mol. The molecule has 0 fully saturated rings. The second kappa shape index (κ2) is 5.40. The van der Waals surface area contributed by atoms with Crippen LogP contribution in [0.1, 0.15) is 6.92 Å². The van der Waals surface area contributed by atoms with E-state index in [1.165, 1.54) is 24.8 Å². The molecule has 2 aromatic rings. The summed E-state index contributed by atoms with van der Waals surface area (Å²) in [6.45, 7) is 0.775. The number of nitrogens with zero attached hydrogens (tertiary/aromatic N) is 3. The number of alkyl halides is 3. The zero-order chi connectivity index (χ0) is 14.8. The molecular formula is C12H9F4N3O. The van der Waals surface area contributed by atoms with Gasteiger partial charge in [-0.05, 0) is 13.0 Å². The fraction of sp³-hybridized carbons (Fsp3) is 0.250. The minimum Gasteiger partial charge on any atom is -0.463 e. The van der Waals surface area contributed by atoms with E-state index in [4.69, 9.17) is 0 Å². The molecule has 0 aromatic carbocycles. The lowest BCUT2D eigenvalue weighted by Crippen LogP contribution is -2.31. The molecule has 0 aliphatic heterocycles. The average Bonchev–Trinajstić information content (AvgIpc) is 2.41. The Morgan fingerprint density at radius 1 is 1.15 bits per heavy atom. The predicted octanol–water partition coefficient (Wildman–Crippen LogP) is 3.01. The number of ether oxygens (including phenoxy) is 1. The SMILES string of the molecule is C[C@@H](Oc1ncc(-c2cnccn2)cc1F)C(F)(F)F. The summed E-state index contributed by atoms with van der Waals surface area (Å²) in [5.74, 6) is -1.70. The highest BCUT2D eigenvalue weighted by molar-refractivity contribution is 5.57. The van der Waals surface area contributed by atoms with Gasteiger partial charge in [0.25, 0.3) is 5.88 Å². The number of aromatic nitrogens is 3. The van der Waals surface area contributed by atoms with E-state index in [1.807, 2.05) is 0 Å². The van der Waals surface area contributed by atoms with Gasteiger partial charge in [-0.3, -0.25) is 9.97 Å². The Labute approximate surface area is 111 Å². The maximum absolute atomic E-state index is 13.7. The summed E-state index contributed by atoms with van der Waals surface area (Å²) in [7, 11) is 0. The van der Waals surface area contributed by atoms with Crippen molar-refractivity contribution < 1.29 is 22.3 Å². The van der Waals surface area contributed by atoms with Crippen LogP contribution in [-0.4, -0.2) is 27.2 Å². The number of rotatable bonds is 3. The van der Waals surface area contributed by atoms with E-state index in [1.54, 1.807) is 0 Å². The first-order valence-electron chi connectivity index (χ1n) is 5.53. The molecular weight excluding hydrogens is 278 g/mol. The Balaban J connectivity index is 2.23. The molecule has 20 heavy (non-hydrogen) atoms. The van der Waals surface area contributed by atoms with E-state index >= 15 is 0 Å². The first kappa shape index (κ1) is 14.2. The van der Waals surface area contributed by atoms with E-state index in [0.29, 0.717) is 11.3 Å². The lowest BCUT2D eigenvalue weighted by Gasteiger charge is -2.17. The molecule has 0 aliphatic rings. The predicted molar refractivity (Wildman–Crippen MR) is 61.4 cm³/mol. The molecule has 1 atom stereocenters. The Kier molecular flexibility index (Phi) is 3.82. The van der Waals surface area contributed by atoms with E-state index in [0.717, 1.165) is 13.0 Å². The van der Waals surface area contributed by atoms with Gasteiger partial charge in [0.15, 0.2) is 11.9 Å². The third-order valence-corrected chi connectivity index (χ3v) is 2.42. The van der Waals surface area contributed by atoms with Crippen LogP contribution in [0.25, 0.3) is 11.3 Å². The first-order chi connectivity index (χ1) is 9.38. The van der Waals surface area contributed by atoms with Gasteiger partial charge in [0.2, 0.25) is 0 Å². The van der Waals surface area contributed by atoms with Crippen LogP contribution in [0, 0.1) is 5.82 Å². The third-order valence-electron chi connectivity index (χ3n) is 2.42. The molecule has 0 amide bonds. The smallest absolute Gasteiger partial charge is 0.425 e. The van der Waals surface area contributed by atoms with E-state index in [-0.39, 0.29) is 0 Å². The molecule has 0 saturated carbocycles. The van der Waals surface area contributed by atoms with Gasteiger partial charge in [0.05, 0.1) is 11.9 Å². The standard InChI is InChI=1S/C12H9F4N3O/c1-7(12(14,15)16)20-11-9(13)4-8(5-19-11)10-6-17-2-3-18-10/h2-7H,1H3/t7-/m1/s1. The van der Waals surface area contributed by atoms with Crippen LogP contribution in [0.4, 0.5) is 17.6 Å². The van der Waals surface area contributed by atoms with Crippen LogP contribution < -0.4 is 4.74 Å². The Morgan fingerprint density at radius 2 is 1.90 bits per heavy atom. The number of hydrogen-bond donors (Lipinski definition) is 0. The molecule has 2 aromatic heterocycles. The molecule has 0 radical (unpaired) electrons. The van der Waals surface area contributed by atoms with Crippen LogP contribution in [-0.2, 0) is 0 Å². The van der Waals surface area contributed by atoms with Gasteiger partial charge in [0.1, 0.15) is 0 Å². The Morgan fingerprint density at radius 3 is 2.45 bits per heavy atom. The minimum absolute atomic E-state index is 0.294. The fourth-order valence-corrected chi connectivity index (χ4v) is 1.33. The molecule has 106 valence electrons. The quantitative estimate of drug-likeness (QED) is 0.814. The normalized spacial score (nSPS) is 13.1. The van der Waals surface area contributed by atoms with Crippen molar-refractivity contribution in [2.75, 3.05) is 0 Å². The summed E-state index contributed by atoms with van der Waals surface area (Å²) in [5, 5.41) is 0. The molecule has 2 rings (SSSR count). The molecule has 4 nitrogen and oxygen atoms in total. The number of pyridine rings is 1. The molecule has 8 heteroatoms. The summed E-state index contributed by atoms with van der Waals surface area (Å²) in [6, 6.07) is 0.995. The van der Waals surface area contributed by atoms with Crippen molar-refractivity contribution in [2.45, 2.75) is 19.2 Å². The highest BCUT2D eigenvalue weighted by Crippen LogP contribution is 2.27. The largest absolute Gasteiger partial charge is 0.463 e. The highest BCUT2D eigenvalue weighted by Gasteiger charge is 2.38. The molecule has 0 unspecified atom stereocenters. The second-order valence-electron chi connectivity index (χ2n) is 3.90. The van der Waals surface area contributed by atoms with E-state index in [9.17, 15) is 17.6 Å². The van der Waals surface area contributed by atoms with Crippen molar-refractivity contribution in [3.8, 4) is 17.1 Å². The van der Waals surface area contributed by atoms with Gasteiger partial charge in [-0.1, -0.05) is 0 Å². The van der Waals surface area contributed by atoms with Gasteiger partial charge in [0, 0.05) is 24.2 Å². The molecule has 0 aliphatic carbocycles. The second-order valence-corrected chi connectivity index (χ2v) is 3.90. The summed E-state index contributed by atoms with van der Waals surface area (Å²) < 4.78 is 55.1. The summed E-state index contributed by atoms with van der Waals surface area (Å²) in [5.41, 5.74) is 0.650. The van der Waals surface area contributed by atoms with Crippen molar-refractivity contribution in [3.05, 3.63) is 36.7 Å². The van der Waals surface area contributed by atoms with Crippen LogP contribution in [0.5, 0.6) is 5.88 Å². The van der Waals surface area contributed by atoms with E-state index < -0.39 is 24.0 Å². The maximum atomic E-state index is 13.7. The lowest BCUT2D eigenvalue weighted by molar-refractivity contribution is -0.190. The Bertz CT molecular complexity index is 589. The third kappa shape index (κ3) is 3.19. The van der Waals surface area contributed by atoms with Gasteiger partial charge in [-0.15, -0.1) is 0 Å². The number of hydrogen-bond acceptors (Lipinski definition) is 4. The van der Waals surface area contributed by atoms with Crippen LogP contribution in [0.2, 0.25) is 0 Å². The lowest BCUT2D eigenvalue weighted by atomic mass is 10.2.